The fourth-order valence-corrected chi connectivity index (χ4v) is 2.94. The van der Waals surface area contributed by atoms with Gasteiger partial charge in [0.1, 0.15) is 11.3 Å². The molecule has 0 radical (unpaired) electrons. The van der Waals surface area contributed by atoms with Crippen LogP contribution in [0.2, 0.25) is 0 Å². The first-order valence-corrected chi connectivity index (χ1v) is 8.71. The summed E-state index contributed by atoms with van der Waals surface area (Å²) in [6, 6.07) is 17.2. The van der Waals surface area contributed by atoms with Gasteiger partial charge < -0.3 is 9.47 Å². The van der Waals surface area contributed by atoms with Crippen LogP contribution in [0.5, 0.6) is 0 Å². The Labute approximate surface area is 156 Å². The topological polar surface area (TPSA) is 70.4 Å². The number of carbonyl (C=O) groups excluding carboxylic acids is 2. The average Bonchev–Trinajstić information content (AvgIpc) is 3.30. The molecule has 1 atom stereocenters. The highest BCUT2D eigenvalue weighted by molar-refractivity contribution is 5.97. The largest absolute Gasteiger partial charge is 0.463 e. The number of hydrogen-bond donors (Lipinski definition) is 0. The highest BCUT2D eigenvalue weighted by Crippen LogP contribution is 2.26. The summed E-state index contributed by atoms with van der Waals surface area (Å²) in [4.78, 5) is 24.4. The second kappa shape index (κ2) is 7.07. The van der Waals surface area contributed by atoms with E-state index in [9.17, 15) is 9.59 Å². The third-order valence-corrected chi connectivity index (χ3v) is 4.42. The molecular formula is C21H18N2O4. The summed E-state index contributed by atoms with van der Waals surface area (Å²) in [7, 11) is 0. The van der Waals surface area contributed by atoms with Gasteiger partial charge in [-0.05, 0) is 19.1 Å². The number of hydrogen-bond acceptors (Lipinski definition) is 5. The first-order chi connectivity index (χ1) is 13.1. The van der Waals surface area contributed by atoms with E-state index < -0.39 is 18.0 Å². The Morgan fingerprint density at radius 3 is 2.56 bits per heavy atom. The van der Waals surface area contributed by atoms with Crippen molar-refractivity contribution in [1.29, 1.82) is 0 Å². The minimum Gasteiger partial charge on any atom is -0.463 e. The van der Waals surface area contributed by atoms with Gasteiger partial charge in [-0.2, -0.15) is 5.10 Å². The Bertz CT molecular complexity index is 977. The quantitative estimate of drug-likeness (QED) is 0.666. The van der Waals surface area contributed by atoms with Gasteiger partial charge in [0.05, 0.1) is 12.3 Å². The lowest BCUT2D eigenvalue weighted by molar-refractivity contribution is -0.145. The zero-order chi connectivity index (χ0) is 18.8. The van der Waals surface area contributed by atoms with Crippen LogP contribution in [0, 0.1) is 6.92 Å². The monoisotopic (exact) mass is 362 g/mol. The normalized spacial score (nSPS) is 16.2. The molecule has 6 nitrogen and oxygen atoms in total. The molecule has 0 saturated carbocycles. The highest BCUT2D eigenvalue weighted by Gasteiger charge is 2.32. The molecule has 0 spiro atoms. The van der Waals surface area contributed by atoms with Crippen molar-refractivity contribution in [2.75, 3.05) is 6.61 Å². The Morgan fingerprint density at radius 1 is 1.15 bits per heavy atom. The number of rotatable bonds is 4. The van der Waals surface area contributed by atoms with E-state index in [-0.39, 0.29) is 6.61 Å². The van der Waals surface area contributed by atoms with Gasteiger partial charge in [0.25, 0.3) is 0 Å². The summed E-state index contributed by atoms with van der Waals surface area (Å²) >= 11 is 0. The molecule has 0 unspecified atom stereocenters. The molecule has 0 aliphatic carbocycles. The molecule has 0 N–H and O–H groups in total. The van der Waals surface area contributed by atoms with Crippen LogP contribution in [0.3, 0.4) is 0 Å². The Morgan fingerprint density at radius 2 is 1.89 bits per heavy atom. The predicted octanol–water partition coefficient (Wildman–Crippen LogP) is 3.32. The van der Waals surface area contributed by atoms with Gasteiger partial charge in [-0.15, -0.1) is 0 Å². The molecule has 1 saturated heterocycles. The Kier molecular flexibility index (Phi) is 4.46. The van der Waals surface area contributed by atoms with Crippen molar-refractivity contribution in [3.05, 3.63) is 71.9 Å². The number of nitrogens with zero attached hydrogens (tertiary/aromatic N) is 2. The fourth-order valence-electron chi connectivity index (χ4n) is 2.94. The van der Waals surface area contributed by atoms with Crippen molar-refractivity contribution < 1.29 is 19.1 Å². The van der Waals surface area contributed by atoms with E-state index >= 15 is 0 Å². The maximum absolute atomic E-state index is 12.8. The molecule has 4 rings (SSSR count). The molecule has 136 valence electrons. The molecule has 0 bridgehead atoms. The minimum absolute atomic E-state index is 0.269. The van der Waals surface area contributed by atoms with Crippen LogP contribution < -0.4 is 0 Å². The SMILES string of the molecule is Cc1ccc(-c2nn(-c3ccccc3)cc2C(=O)O[C@H]2CCOC2=O)cc1. The highest BCUT2D eigenvalue weighted by atomic mass is 16.6. The summed E-state index contributed by atoms with van der Waals surface area (Å²) in [5, 5.41) is 4.59. The van der Waals surface area contributed by atoms with Gasteiger partial charge in [0.15, 0.2) is 0 Å². The molecular weight excluding hydrogens is 344 g/mol. The first-order valence-electron chi connectivity index (χ1n) is 8.71. The molecule has 27 heavy (non-hydrogen) atoms. The number of carbonyl (C=O) groups is 2. The molecule has 1 aromatic heterocycles. The van der Waals surface area contributed by atoms with Crippen LogP contribution in [-0.4, -0.2) is 34.4 Å². The number of para-hydroxylation sites is 1. The summed E-state index contributed by atoms with van der Waals surface area (Å²) in [5.74, 6) is -1.09. The second-order valence-electron chi connectivity index (χ2n) is 6.39. The van der Waals surface area contributed by atoms with Gasteiger partial charge in [0.2, 0.25) is 6.10 Å². The number of aryl methyl sites for hydroxylation is 1. The lowest BCUT2D eigenvalue weighted by atomic mass is 10.1. The van der Waals surface area contributed by atoms with Crippen molar-refractivity contribution >= 4 is 11.9 Å². The maximum atomic E-state index is 12.8. The molecule has 1 aliphatic heterocycles. The number of cyclic esters (lactones) is 1. The van der Waals surface area contributed by atoms with E-state index in [1.165, 1.54) is 0 Å². The first kappa shape index (κ1) is 17.0. The van der Waals surface area contributed by atoms with Gasteiger partial charge >= 0.3 is 11.9 Å². The summed E-state index contributed by atoms with van der Waals surface area (Å²) in [6.45, 7) is 2.26. The third-order valence-electron chi connectivity index (χ3n) is 4.42. The van der Waals surface area contributed by atoms with Crippen molar-refractivity contribution in [3.8, 4) is 16.9 Å². The third kappa shape index (κ3) is 3.46. The number of benzene rings is 2. The molecule has 1 aliphatic rings. The zero-order valence-electron chi connectivity index (χ0n) is 14.8. The van der Waals surface area contributed by atoms with E-state index in [2.05, 4.69) is 5.10 Å². The molecule has 3 aromatic rings. The van der Waals surface area contributed by atoms with E-state index in [0.717, 1.165) is 16.8 Å². The minimum atomic E-state index is -0.858. The molecule has 1 fully saturated rings. The number of aromatic nitrogens is 2. The van der Waals surface area contributed by atoms with Gasteiger partial charge in [-0.25, -0.2) is 14.3 Å². The van der Waals surface area contributed by atoms with Gasteiger partial charge in [-0.1, -0.05) is 48.0 Å². The van der Waals surface area contributed by atoms with Crippen LogP contribution in [0.25, 0.3) is 16.9 Å². The lowest BCUT2D eigenvalue weighted by Gasteiger charge is -2.08. The summed E-state index contributed by atoms with van der Waals surface area (Å²) in [5.41, 5.74) is 3.55. The summed E-state index contributed by atoms with van der Waals surface area (Å²) in [6.07, 6.45) is 1.15. The second-order valence-corrected chi connectivity index (χ2v) is 6.39. The summed E-state index contributed by atoms with van der Waals surface area (Å²) < 4.78 is 11.9. The van der Waals surface area contributed by atoms with Crippen LogP contribution in [-0.2, 0) is 14.3 Å². The Hall–Kier alpha value is -3.41. The molecule has 6 heteroatoms. The zero-order valence-corrected chi connectivity index (χ0v) is 14.8. The van der Waals surface area contributed by atoms with Crippen molar-refractivity contribution in [2.24, 2.45) is 0 Å². The molecule has 2 heterocycles. The van der Waals surface area contributed by atoms with E-state index in [1.807, 2.05) is 61.5 Å². The smallest absolute Gasteiger partial charge is 0.347 e. The Balaban J connectivity index is 1.73. The van der Waals surface area contributed by atoms with Crippen molar-refractivity contribution in [3.63, 3.8) is 0 Å². The predicted molar refractivity (Wildman–Crippen MR) is 98.5 cm³/mol. The van der Waals surface area contributed by atoms with Crippen LogP contribution in [0.4, 0.5) is 0 Å². The molecule has 0 amide bonds. The lowest BCUT2D eigenvalue weighted by Crippen LogP contribution is -2.22. The van der Waals surface area contributed by atoms with Crippen LogP contribution in [0.1, 0.15) is 22.3 Å². The maximum Gasteiger partial charge on any atom is 0.347 e. The molecule has 2 aromatic carbocycles. The fraction of sp³-hybridized carbons (Fsp3) is 0.190. The van der Waals surface area contributed by atoms with Crippen LogP contribution in [0.15, 0.2) is 60.8 Å². The average molecular weight is 362 g/mol. The van der Waals surface area contributed by atoms with E-state index in [0.29, 0.717) is 17.7 Å². The van der Waals surface area contributed by atoms with Crippen molar-refractivity contribution in [1.82, 2.24) is 9.78 Å². The van der Waals surface area contributed by atoms with E-state index in [4.69, 9.17) is 9.47 Å². The van der Waals surface area contributed by atoms with Crippen LogP contribution >= 0.6 is 0 Å². The van der Waals surface area contributed by atoms with Gasteiger partial charge in [-0.3, -0.25) is 0 Å². The van der Waals surface area contributed by atoms with Crippen molar-refractivity contribution in [2.45, 2.75) is 19.4 Å². The van der Waals surface area contributed by atoms with E-state index in [1.54, 1.807) is 10.9 Å². The number of esters is 2. The standard InChI is InChI=1S/C21H18N2O4/c1-14-7-9-15(10-8-14)19-17(20(24)27-18-11-12-26-21(18)25)13-23(22-19)16-5-3-2-4-6-16/h2-10,13,18H,11-12H2,1H3/t18-/m0/s1. The number of ether oxygens (including phenoxy) is 2. The van der Waals surface area contributed by atoms with Gasteiger partial charge in [0, 0.05) is 18.2 Å².